The number of furan rings is 1. The Hall–Kier alpha value is -3.14. The van der Waals surface area contributed by atoms with E-state index in [0.29, 0.717) is 10.6 Å². The molecule has 0 radical (unpaired) electrons. The number of carbonyl (C=O) groups is 2. The zero-order valence-electron chi connectivity index (χ0n) is 14.2. The van der Waals surface area contributed by atoms with Gasteiger partial charge in [0.1, 0.15) is 11.5 Å². The fraction of sp³-hybridized carbons (Fsp3) is 0.250. The van der Waals surface area contributed by atoms with Crippen LogP contribution in [0, 0.1) is 13.8 Å². The number of rotatable bonds is 5. The Morgan fingerprint density at radius 3 is 2.81 bits per heavy atom. The molecule has 10 heteroatoms. The van der Waals surface area contributed by atoms with Crippen molar-refractivity contribution in [3.63, 3.8) is 0 Å². The second-order valence-electron chi connectivity index (χ2n) is 5.34. The third-order valence-electron chi connectivity index (χ3n) is 3.66. The minimum atomic E-state index is -0.793. The first-order valence-corrected chi connectivity index (χ1v) is 8.32. The number of aryl methyl sites for hydroxylation is 1. The molecule has 1 amide bonds. The van der Waals surface area contributed by atoms with E-state index >= 15 is 0 Å². The highest BCUT2D eigenvalue weighted by atomic mass is 32.1. The number of nitrogens with zero attached hydrogens (tertiary/aromatic N) is 2. The SMILES string of the molecule is COC(=O)c1c(NC(=O)Cn2nc(-c3ccco3)oc2=O)sc(C)c1C. The normalized spacial score (nSPS) is 10.7. The lowest BCUT2D eigenvalue weighted by Crippen LogP contribution is -2.26. The molecule has 3 heterocycles. The molecule has 0 saturated carbocycles. The number of nitrogens with one attached hydrogen (secondary N) is 1. The van der Waals surface area contributed by atoms with Gasteiger partial charge in [0.05, 0.1) is 18.9 Å². The van der Waals surface area contributed by atoms with Gasteiger partial charge in [0, 0.05) is 4.88 Å². The molecule has 0 fully saturated rings. The van der Waals surface area contributed by atoms with E-state index in [2.05, 4.69) is 10.4 Å². The summed E-state index contributed by atoms with van der Waals surface area (Å²) >= 11 is 1.25. The van der Waals surface area contributed by atoms with Gasteiger partial charge in [0.15, 0.2) is 5.76 Å². The van der Waals surface area contributed by atoms with Gasteiger partial charge in [-0.3, -0.25) is 4.79 Å². The third kappa shape index (κ3) is 3.31. The minimum absolute atomic E-state index is 0.0223. The molecule has 0 unspecified atom stereocenters. The predicted octanol–water partition coefficient (Wildman–Crippen LogP) is 2.20. The number of aromatic nitrogens is 2. The monoisotopic (exact) mass is 377 g/mol. The van der Waals surface area contributed by atoms with Crippen molar-refractivity contribution in [1.29, 1.82) is 0 Å². The Kier molecular flexibility index (Phi) is 4.76. The van der Waals surface area contributed by atoms with Gasteiger partial charge in [0.25, 0.3) is 5.89 Å². The van der Waals surface area contributed by atoms with Crippen LogP contribution < -0.4 is 11.1 Å². The average Bonchev–Trinajstić information content (AvgIpc) is 3.30. The molecule has 3 aromatic rings. The molecule has 26 heavy (non-hydrogen) atoms. The summed E-state index contributed by atoms with van der Waals surface area (Å²) in [6.45, 7) is 3.23. The number of hydrogen-bond donors (Lipinski definition) is 1. The number of esters is 1. The van der Waals surface area contributed by atoms with Gasteiger partial charge in [-0.05, 0) is 31.5 Å². The van der Waals surface area contributed by atoms with Crippen molar-refractivity contribution in [2.75, 3.05) is 12.4 Å². The molecular weight excluding hydrogens is 362 g/mol. The van der Waals surface area contributed by atoms with E-state index in [1.54, 1.807) is 19.1 Å². The molecule has 1 N–H and O–H groups in total. The molecule has 0 spiro atoms. The van der Waals surface area contributed by atoms with Gasteiger partial charge >= 0.3 is 11.7 Å². The summed E-state index contributed by atoms with van der Waals surface area (Å²) < 4.78 is 15.7. The number of ether oxygens (including phenoxy) is 1. The largest absolute Gasteiger partial charge is 0.465 e. The van der Waals surface area contributed by atoms with Crippen LogP contribution in [0.4, 0.5) is 5.00 Å². The smallest absolute Gasteiger partial charge is 0.437 e. The molecule has 0 aliphatic heterocycles. The maximum absolute atomic E-state index is 12.3. The number of methoxy groups -OCH3 is 1. The van der Waals surface area contributed by atoms with Crippen molar-refractivity contribution in [2.24, 2.45) is 0 Å². The van der Waals surface area contributed by atoms with Crippen LogP contribution in [-0.4, -0.2) is 28.8 Å². The lowest BCUT2D eigenvalue weighted by molar-refractivity contribution is -0.117. The van der Waals surface area contributed by atoms with Gasteiger partial charge in [-0.1, -0.05) is 0 Å². The zero-order chi connectivity index (χ0) is 18.8. The van der Waals surface area contributed by atoms with E-state index in [1.165, 1.54) is 24.7 Å². The zero-order valence-corrected chi connectivity index (χ0v) is 15.0. The molecule has 3 rings (SSSR count). The molecule has 0 aromatic carbocycles. The summed E-state index contributed by atoms with van der Waals surface area (Å²) in [7, 11) is 1.27. The van der Waals surface area contributed by atoms with Gasteiger partial charge in [-0.2, -0.15) is 4.68 Å². The fourth-order valence-electron chi connectivity index (χ4n) is 2.27. The van der Waals surface area contributed by atoms with Crippen LogP contribution in [0.1, 0.15) is 20.8 Å². The highest BCUT2D eigenvalue weighted by Crippen LogP contribution is 2.32. The van der Waals surface area contributed by atoms with E-state index in [0.717, 1.165) is 15.1 Å². The van der Waals surface area contributed by atoms with Crippen LogP contribution in [-0.2, 0) is 16.1 Å². The second-order valence-corrected chi connectivity index (χ2v) is 6.56. The Balaban J connectivity index is 1.79. The van der Waals surface area contributed by atoms with Crippen LogP contribution in [0.2, 0.25) is 0 Å². The van der Waals surface area contributed by atoms with Crippen LogP contribution in [0.15, 0.2) is 32.0 Å². The van der Waals surface area contributed by atoms with E-state index in [4.69, 9.17) is 13.6 Å². The van der Waals surface area contributed by atoms with Crippen molar-refractivity contribution in [3.8, 4) is 11.7 Å². The fourth-order valence-corrected chi connectivity index (χ4v) is 3.34. The van der Waals surface area contributed by atoms with Crippen molar-refractivity contribution in [1.82, 2.24) is 9.78 Å². The van der Waals surface area contributed by atoms with Crippen LogP contribution >= 0.6 is 11.3 Å². The molecular formula is C16H15N3O6S. The third-order valence-corrected chi connectivity index (χ3v) is 4.78. The van der Waals surface area contributed by atoms with E-state index in [1.807, 2.05) is 6.92 Å². The first kappa shape index (κ1) is 17.7. The highest BCUT2D eigenvalue weighted by Gasteiger charge is 2.22. The molecule has 9 nitrogen and oxygen atoms in total. The lowest BCUT2D eigenvalue weighted by atomic mass is 10.1. The first-order valence-electron chi connectivity index (χ1n) is 7.50. The standard InChI is InChI=1S/C16H15N3O6S/c1-8-9(2)26-14(12(8)15(21)23-3)17-11(20)7-19-16(22)25-13(18-19)10-5-4-6-24-10/h4-6H,7H2,1-3H3,(H,17,20). The molecule has 0 bridgehead atoms. The van der Waals surface area contributed by atoms with E-state index in [-0.39, 0.29) is 18.2 Å². The molecule has 136 valence electrons. The van der Waals surface area contributed by atoms with Gasteiger partial charge in [-0.15, -0.1) is 16.4 Å². The number of anilines is 1. The Labute approximate surface area is 151 Å². The summed E-state index contributed by atoms with van der Waals surface area (Å²) in [6.07, 6.45) is 1.41. The average molecular weight is 377 g/mol. The molecule has 0 aliphatic rings. The number of hydrogen-bond acceptors (Lipinski definition) is 8. The van der Waals surface area contributed by atoms with Crippen molar-refractivity contribution >= 4 is 28.2 Å². The number of carbonyl (C=O) groups excluding carboxylic acids is 2. The Morgan fingerprint density at radius 2 is 2.15 bits per heavy atom. The lowest BCUT2D eigenvalue weighted by Gasteiger charge is -2.05. The minimum Gasteiger partial charge on any atom is -0.465 e. The highest BCUT2D eigenvalue weighted by molar-refractivity contribution is 7.16. The Morgan fingerprint density at radius 1 is 1.38 bits per heavy atom. The van der Waals surface area contributed by atoms with E-state index < -0.39 is 17.6 Å². The summed E-state index contributed by atoms with van der Waals surface area (Å²) in [6, 6.07) is 3.20. The van der Waals surface area contributed by atoms with Gasteiger partial charge in [0.2, 0.25) is 5.91 Å². The van der Waals surface area contributed by atoms with Gasteiger partial charge in [-0.25, -0.2) is 9.59 Å². The molecule has 0 saturated heterocycles. The molecule has 3 aromatic heterocycles. The summed E-state index contributed by atoms with van der Waals surface area (Å²) in [5, 5.41) is 6.91. The summed E-state index contributed by atoms with van der Waals surface area (Å²) in [5.41, 5.74) is 1.03. The summed E-state index contributed by atoms with van der Waals surface area (Å²) in [5.74, 6) is -1.61. The van der Waals surface area contributed by atoms with Crippen molar-refractivity contribution < 1.29 is 23.2 Å². The topological polar surface area (TPSA) is 117 Å². The second kappa shape index (κ2) is 7.00. The first-order chi connectivity index (χ1) is 12.4. The number of thiophene rings is 1. The number of amides is 1. The molecule has 0 aliphatic carbocycles. The maximum Gasteiger partial charge on any atom is 0.437 e. The predicted molar refractivity (Wildman–Crippen MR) is 92.2 cm³/mol. The van der Waals surface area contributed by atoms with Crippen LogP contribution in [0.25, 0.3) is 11.7 Å². The van der Waals surface area contributed by atoms with Crippen LogP contribution in [0.5, 0.6) is 0 Å². The Bertz CT molecular complexity index is 1010. The summed E-state index contributed by atoms with van der Waals surface area (Å²) in [4.78, 5) is 36.9. The van der Waals surface area contributed by atoms with Gasteiger partial charge < -0.3 is 18.9 Å². The van der Waals surface area contributed by atoms with Crippen molar-refractivity contribution in [2.45, 2.75) is 20.4 Å². The quantitative estimate of drug-likeness (QED) is 0.677. The van der Waals surface area contributed by atoms with Crippen LogP contribution in [0.3, 0.4) is 0 Å². The maximum atomic E-state index is 12.3. The van der Waals surface area contributed by atoms with Crippen molar-refractivity contribution in [3.05, 3.63) is 45.0 Å². The van der Waals surface area contributed by atoms with E-state index in [9.17, 15) is 14.4 Å². The molecule has 0 atom stereocenters.